The predicted octanol–water partition coefficient (Wildman–Crippen LogP) is 2.78. The predicted molar refractivity (Wildman–Crippen MR) is 96.9 cm³/mol. The smallest absolute Gasteiger partial charge is 0.405 e. The van der Waals surface area contributed by atoms with E-state index in [0.29, 0.717) is 24.0 Å². The maximum absolute atomic E-state index is 12.5. The zero-order valence-corrected chi connectivity index (χ0v) is 15.2. The Morgan fingerprint density at radius 3 is 2.63 bits per heavy atom. The van der Waals surface area contributed by atoms with E-state index >= 15 is 0 Å². The van der Waals surface area contributed by atoms with Gasteiger partial charge in [0.05, 0.1) is 30.1 Å². The Bertz CT molecular complexity index is 817. The van der Waals surface area contributed by atoms with Crippen LogP contribution in [0.5, 0.6) is 5.75 Å². The molecule has 2 rings (SSSR count). The van der Waals surface area contributed by atoms with Crippen LogP contribution in [-0.4, -0.2) is 41.5 Å². The van der Waals surface area contributed by atoms with Crippen LogP contribution < -0.4 is 15.4 Å². The molecule has 9 nitrogen and oxygen atoms in total. The van der Waals surface area contributed by atoms with Gasteiger partial charge in [0, 0.05) is 0 Å². The first-order valence-corrected chi connectivity index (χ1v) is 8.22. The lowest BCUT2D eigenvalue weighted by Crippen LogP contribution is -2.44. The maximum Gasteiger partial charge on any atom is 0.405 e. The average molecular weight is 375 g/mol. The van der Waals surface area contributed by atoms with Crippen molar-refractivity contribution in [3.8, 4) is 17.1 Å². The number of hydrogen-bond acceptors (Lipinski definition) is 6. The molecule has 0 radical (unpaired) electrons. The van der Waals surface area contributed by atoms with Crippen molar-refractivity contribution in [3.63, 3.8) is 0 Å². The molecule has 0 aliphatic carbocycles. The van der Waals surface area contributed by atoms with Crippen molar-refractivity contribution in [1.82, 2.24) is 10.3 Å². The fraction of sp³-hybridized carbons (Fsp3) is 0.333. The van der Waals surface area contributed by atoms with Gasteiger partial charge in [-0.15, -0.1) is 0 Å². The summed E-state index contributed by atoms with van der Waals surface area (Å²) in [6, 6.07) is 2.18. The molecule has 2 aromatic rings. The van der Waals surface area contributed by atoms with Gasteiger partial charge in [0.15, 0.2) is 18.4 Å². The Balaban J connectivity index is 2.36. The lowest BCUT2D eigenvalue weighted by molar-refractivity contribution is -0.118. The van der Waals surface area contributed by atoms with E-state index in [1.807, 2.05) is 13.8 Å². The average Bonchev–Trinajstić information content (AvgIpc) is 3.14. The molecular weight excluding hydrogens is 354 g/mol. The number of carbonyl (C=O) groups is 3. The first kappa shape index (κ1) is 20.0. The van der Waals surface area contributed by atoms with Crippen molar-refractivity contribution in [3.05, 3.63) is 30.3 Å². The lowest BCUT2D eigenvalue weighted by atomic mass is 10.0. The third kappa shape index (κ3) is 4.84. The molecule has 1 aromatic carbocycles. The third-order valence-corrected chi connectivity index (χ3v) is 3.80. The molecule has 1 atom stereocenters. The number of nitrogens with zero attached hydrogens (tertiary/aromatic N) is 1. The fourth-order valence-electron chi connectivity index (χ4n) is 2.66. The molecule has 1 unspecified atom stereocenters. The van der Waals surface area contributed by atoms with Crippen molar-refractivity contribution < 1.29 is 28.6 Å². The summed E-state index contributed by atoms with van der Waals surface area (Å²) in [6.45, 7) is 3.74. The quantitative estimate of drug-likeness (QED) is 0.605. The molecule has 0 fully saturated rings. The second-order valence-electron chi connectivity index (χ2n) is 6.21. The largest absolute Gasteiger partial charge is 0.495 e. The minimum absolute atomic E-state index is 0.0847. The van der Waals surface area contributed by atoms with Gasteiger partial charge in [0.25, 0.3) is 0 Å². The van der Waals surface area contributed by atoms with Crippen molar-refractivity contribution in [2.45, 2.75) is 26.3 Å². The Hall–Kier alpha value is -3.36. The molecule has 2 amide bonds. The van der Waals surface area contributed by atoms with Crippen LogP contribution in [0.25, 0.3) is 11.3 Å². The van der Waals surface area contributed by atoms with Gasteiger partial charge in [-0.3, -0.25) is 9.59 Å². The summed E-state index contributed by atoms with van der Waals surface area (Å²) in [5, 5.41) is 13.7. The Morgan fingerprint density at radius 1 is 1.37 bits per heavy atom. The highest BCUT2D eigenvalue weighted by molar-refractivity contribution is 6.02. The summed E-state index contributed by atoms with van der Waals surface area (Å²) in [4.78, 5) is 39.0. The third-order valence-electron chi connectivity index (χ3n) is 3.80. The molecule has 1 aromatic heterocycles. The van der Waals surface area contributed by atoms with E-state index in [0.717, 1.165) is 0 Å². The Morgan fingerprint density at radius 2 is 2.11 bits per heavy atom. The number of aromatic nitrogens is 1. The van der Waals surface area contributed by atoms with Crippen LogP contribution in [0.2, 0.25) is 0 Å². The van der Waals surface area contributed by atoms with Crippen LogP contribution in [0, 0.1) is 5.92 Å². The SMILES string of the molecule is COc1c(-c2cnco2)ccc(NC(=O)C(CC(C)C)NC(=O)O)c1C=O. The molecule has 144 valence electrons. The van der Waals surface area contributed by atoms with Gasteiger partial charge in [0.2, 0.25) is 5.91 Å². The summed E-state index contributed by atoms with van der Waals surface area (Å²) in [5.74, 6) is 0.134. The van der Waals surface area contributed by atoms with Gasteiger partial charge in [0.1, 0.15) is 11.8 Å². The highest BCUT2D eigenvalue weighted by Gasteiger charge is 2.24. The van der Waals surface area contributed by atoms with Crippen molar-refractivity contribution >= 4 is 24.0 Å². The van der Waals surface area contributed by atoms with Crippen LogP contribution in [0.15, 0.2) is 29.1 Å². The van der Waals surface area contributed by atoms with Crippen molar-refractivity contribution in [2.24, 2.45) is 5.92 Å². The number of amides is 2. The van der Waals surface area contributed by atoms with E-state index < -0.39 is 18.0 Å². The van der Waals surface area contributed by atoms with Crippen LogP contribution in [0.1, 0.15) is 30.6 Å². The van der Waals surface area contributed by atoms with Crippen molar-refractivity contribution in [1.29, 1.82) is 0 Å². The zero-order valence-electron chi connectivity index (χ0n) is 15.2. The summed E-state index contributed by atoms with van der Waals surface area (Å²) in [6.07, 6.45) is 2.28. The van der Waals surface area contributed by atoms with Gasteiger partial charge >= 0.3 is 6.09 Å². The number of ether oxygens (including phenoxy) is 1. The zero-order chi connectivity index (χ0) is 20.0. The van der Waals surface area contributed by atoms with Gasteiger partial charge < -0.3 is 24.9 Å². The van der Waals surface area contributed by atoms with Gasteiger partial charge in [-0.25, -0.2) is 9.78 Å². The van der Waals surface area contributed by atoms with Gasteiger partial charge in [-0.1, -0.05) is 13.8 Å². The fourth-order valence-corrected chi connectivity index (χ4v) is 2.66. The van der Waals surface area contributed by atoms with Gasteiger partial charge in [-0.2, -0.15) is 0 Å². The summed E-state index contributed by atoms with van der Waals surface area (Å²) >= 11 is 0. The number of oxazole rings is 1. The number of methoxy groups -OCH3 is 1. The highest BCUT2D eigenvalue weighted by Crippen LogP contribution is 2.36. The normalized spacial score (nSPS) is 11.7. The molecule has 0 saturated heterocycles. The van der Waals surface area contributed by atoms with E-state index in [9.17, 15) is 14.4 Å². The highest BCUT2D eigenvalue weighted by atomic mass is 16.5. The Kier molecular flexibility index (Phi) is 6.53. The summed E-state index contributed by atoms with van der Waals surface area (Å²) < 4.78 is 10.6. The monoisotopic (exact) mass is 375 g/mol. The van der Waals surface area contributed by atoms with E-state index in [-0.39, 0.29) is 22.9 Å². The molecule has 9 heteroatoms. The first-order valence-electron chi connectivity index (χ1n) is 8.22. The van der Waals surface area contributed by atoms with Crippen LogP contribution >= 0.6 is 0 Å². The number of anilines is 1. The topological polar surface area (TPSA) is 131 Å². The molecule has 27 heavy (non-hydrogen) atoms. The van der Waals surface area contributed by atoms with Crippen molar-refractivity contribution in [2.75, 3.05) is 12.4 Å². The molecule has 1 heterocycles. The minimum atomic E-state index is -1.30. The summed E-state index contributed by atoms with van der Waals surface area (Å²) in [7, 11) is 1.39. The number of carboxylic acid groups (broad SMARTS) is 1. The molecule has 3 N–H and O–H groups in total. The minimum Gasteiger partial charge on any atom is -0.495 e. The molecule has 0 spiro atoms. The number of aldehydes is 1. The lowest BCUT2D eigenvalue weighted by Gasteiger charge is -2.20. The van der Waals surface area contributed by atoms with E-state index in [4.69, 9.17) is 14.3 Å². The maximum atomic E-state index is 12.5. The molecule has 0 aliphatic rings. The number of carbonyl (C=O) groups excluding carboxylic acids is 2. The summed E-state index contributed by atoms with van der Waals surface area (Å²) in [5.41, 5.74) is 0.812. The molecular formula is C18H21N3O6. The van der Waals surface area contributed by atoms with E-state index in [2.05, 4.69) is 15.6 Å². The number of benzene rings is 1. The Labute approximate surface area is 155 Å². The second kappa shape index (κ2) is 8.84. The molecule has 0 saturated carbocycles. The van der Waals surface area contributed by atoms with E-state index in [1.54, 1.807) is 6.07 Å². The second-order valence-corrected chi connectivity index (χ2v) is 6.21. The van der Waals surface area contributed by atoms with Crippen LogP contribution in [0.3, 0.4) is 0 Å². The van der Waals surface area contributed by atoms with Crippen LogP contribution in [-0.2, 0) is 4.79 Å². The first-order chi connectivity index (χ1) is 12.9. The molecule has 0 bridgehead atoms. The van der Waals surface area contributed by atoms with Gasteiger partial charge in [-0.05, 0) is 24.5 Å². The van der Waals surface area contributed by atoms with E-state index in [1.165, 1.54) is 25.8 Å². The number of rotatable bonds is 8. The standard InChI is InChI=1S/C18H21N3O6/c1-10(2)6-14(21-18(24)25)17(23)20-13-5-4-11(15-7-19-9-27-15)16(26-3)12(13)8-22/h4-5,7-10,14,21H,6H2,1-3H3,(H,20,23)(H,24,25). The number of hydrogen-bond donors (Lipinski definition) is 3. The van der Waals surface area contributed by atoms with Crippen LogP contribution in [0.4, 0.5) is 10.5 Å². The molecule has 0 aliphatic heterocycles. The number of nitrogens with one attached hydrogen (secondary N) is 2.